The van der Waals surface area contributed by atoms with E-state index in [0.717, 1.165) is 6.07 Å². The highest BCUT2D eigenvalue weighted by molar-refractivity contribution is 7.89. The average Bonchev–Trinajstić information content (AvgIpc) is 3.09. The molecule has 1 aliphatic heterocycles. The monoisotopic (exact) mass is 349 g/mol. The zero-order chi connectivity index (χ0) is 17.3. The fourth-order valence-electron chi connectivity index (χ4n) is 2.79. The van der Waals surface area contributed by atoms with Crippen molar-refractivity contribution in [2.45, 2.75) is 10.9 Å². The highest BCUT2D eigenvalue weighted by Crippen LogP contribution is 2.28. The van der Waals surface area contributed by atoms with E-state index in [1.807, 2.05) is 11.9 Å². The SMILES string of the molecule is CN1CCN(S(=O)(=O)c2cccc(F)c2C#N)C[C@@H]1c1ncc[nH]1. The minimum Gasteiger partial charge on any atom is -0.347 e. The van der Waals surface area contributed by atoms with Gasteiger partial charge in [-0.2, -0.15) is 9.57 Å². The van der Waals surface area contributed by atoms with Crippen molar-refractivity contribution in [2.75, 3.05) is 26.7 Å². The zero-order valence-corrected chi connectivity index (χ0v) is 13.8. The van der Waals surface area contributed by atoms with Crippen molar-refractivity contribution in [2.24, 2.45) is 0 Å². The first-order valence-corrected chi connectivity index (χ1v) is 8.77. The van der Waals surface area contributed by atoms with Crippen LogP contribution in [0.1, 0.15) is 17.4 Å². The maximum absolute atomic E-state index is 13.8. The molecule has 2 aromatic rings. The molecule has 1 aliphatic rings. The Bertz CT molecular complexity index is 876. The number of imidazole rings is 1. The van der Waals surface area contributed by atoms with Gasteiger partial charge in [0, 0.05) is 32.0 Å². The zero-order valence-electron chi connectivity index (χ0n) is 13.0. The molecule has 9 heteroatoms. The van der Waals surface area contributed by atoms with Crippen LogP contribution in [0.3, 0.4) is 0 Å². The molecule has 0 bridgehead atoms. The second-order valence-corrected chi connectivity index (χ2v) is 7.47. The number of nitrogens with one attached hydrogen (secondary N) is 1. The Labute approximate surface area is 139 Å². The number of aromatic amines is 1. The Morgan fingerprint density at radius 1 is 1.42 bits per heavy atom. The third-order valence-corrected chi connectivity index (χ3v) is 6.06. The minimum absolute atomic E-state index is 0.174. The molecule has 1 N–H and O–H groups in total. The maximum atomic E-state index is 13.8. The second-order valence-electron chi connectivity index (χ2n) is 5.56. The Morgan fingerprint density at radius 3 is 2.88 bits per heavy atom. The van der Waals surface area contributed by atoms with Crippen LogP contribution in [0.5, 0.6) is 0 Å². The standard InChI is InChI=1S/C15H16FN5O2S/c1-20-7-8-21(10-13(20)15-18-5-6-19-15)24(22,23)14-4-2-3-12(16)11(14)9-17/h2-6,13H,7-8,10H2,1H3,(H,18,19)/t13-/m1/s1. The van der Waals surface area contributed by atoms with Crippen LogP contribution < -0.4 is 0 Å². The topological polar surface area (TPSA) is 93.1 Å². The van der Waals surface area contributed by atoms with Crippen LogP contribution in [0, 0.1) is 17.1 Å². The van der Waals surface area contributed by atoms with E-state index in [0.29, 0.717) is 12.4 Å². The van der Waals surface area contributed by atoms with Crippen LogP contribution in [-0.2, 0) is 10.0 Å². The number of piperazine rings is 1. The third kappa shape index (κ3) is 2.80. The number of hydrogen-bond donors (Lipinski definition) is 1. The summed E-state index contributed by atoms with van der Waals surface area (Å²) in [4.78, 5) is 8.89. The van der Waals surface area contributed by atoms with Gasteiger partial charge in [-0.05, 0) is 19.2 Å². The van der Waals surface area contributed by atoms with Crippen LogP contribution in [0.15, 0.2) is 35.5 Å². The molecule has 0 saturated carbocycles. The summed E-state index contributed by atoms with van der Waals surface area (Å²) in [6.45, 7) is 0.937. The van der Waals surface area contributed by atoms with Gasteiger partial charge in [-0.25, -0.2) is 17.8 Å². The quantitative estimate of drug-likeness (QED) is 0.896. The van der Waals surface area contributed by atoms with Gasteiger partial charge in [-0.3, -0.25) is 4.90 Å². The van der Waals surface area contributed by atoms with E-state index in [-0.39, 0.29) is 24.0 Å². The molecule has 2 heterocycles. The Hall–Kier alpha value is -2.28. The molecule has 1 saturated heterocycles. The van der Waals surface area contributed by atoms with Gasteiger partial charge in [-0.1, -0.05) is 6.07 Å². The molecular weight excluding hydrogens is 333 g/mol. The van der Waals surface area contributed by atoms with E-state index in [4.69, 9.17) is 5.26 Å². The van der Waals surface area contributed by atoms with Gasteiger partial charge in [0.1, 0.15) is 28.2 Å². The molecule has 126 valence electrons. The molecule has 0 radical (unpaired) electrons. The number of H-pyrrole nitrogens is 1. The minimum atomic E-state index is -3.97. The summed E-state index contributed by atoms with van der Waals surface area (Å²) in [6.07, 6.45) is 3.29. The van der Waals surface area contributed by atoms with Crippen molar-refractivity contribution in [1.29, 1.82) is 5.26 Å². The van der Waals surface area contributed by atoms with Crippen molar-refractivity contribution >= 4 is 10.0 Å². The number of aromatic nitrogens is 2. The largest absolute Gasteiger partial charge is 0.347 e. The molecule has 3 rings (SSSR count). The Balaban J connectivity index is 1.96. The van der Waals surface area contributed by atoms with Crippen molar-refractivity contribution in [1.82, 2.24) is 19.2 Å². The van der Waals surface area contributed by atoms with Crippen molar-refractivity contribution in [3.63, 3.8) is 0 Å². The lowest BCUT2D eigenvalue weighted by Crippen LogP contribution is -2.49. The van der Waals surface area contributed by atoms with Gasteiger partial charge in [0.25, 0.3) is 0 Å². The summed E-state index contributed by atoms with van der Waals surface area (Å²) >= 11 is 0. The number of rotatable bonds is 3. The predicted octanol–water partition coefficient (Wildman–Crippen LogP) is 1.10. The molecule has 0 unspecified atom stereocenters. The van der Waals surface area contributed by atoms with Gasteiger partial charge in [0.2, 0.25) is 10.0 Å². The molecule has 1 atom stereocenters. The predicted molar refractivity (Wildman–Crippen MR) is 83.8 cm³/mol. The van der Waals surface area contributed by atoms with E-state index in [1.54, 1.807) is 18.5 Å². The van der Waals surface area contributed by atoms with Crippen molar-refractivity contribution < 1.29 is 12.8 Å². The normalized spacial score (nSPS) is 20.0. The van der Waals surface area contributed by atoms with Crippen LogP contribution in [0.25, 0.3) is 0 Å². The first-order chi connectivity index (χ1) is 11.4. The number of nitriles is 1. The third-order valence-electron chi connectivity index (χ3n) is 4.15. The molecule has 1 fully saturated rings. The molecular formula is C15H16FN5O2S. The average molecular weight is 349 g/mol. The molecule has 1 aromatic carbocycles. The number of sulfonamides is 1. The van der Waals surface area contributed by atoms with Gasteiger partial charge < -0.3 is 4.98 Å². The summed E-state index contributed by atoms with van der Waals surface area (Å²) in [5.74, 6) is -0.174. The second kappa shape index (κ2) is 6.32. The van der Waals surface area contributed by atoms with E-state index in [1.165, 1.54) is 16.4 Å². The van der Waals surface area contributed by atoms with Gasteiger partial charge in [0.05, 0.1) is 6.04 Å². The molecule has 0 amide bonds. The molecule has 24 heavy (non-hydrogen) atoms. The fraction of sp³-hybridized carbons (Fsp3) is 0.333. The van der Waals surface area contributed by atoms with Gasteiger partial charge >= 0.3 is 0 Å². The summed E-state index contributed by atoms with van der Waals surface area (Å²) in [5.41, 5.74) is -0.453. The van der Waals surface area contributed by atoms with E-state index >= 15 is 0 Å². The highest BCUT2D eigenvalue weighted by atomic mass is 32.2. The first kappa shape index (κ1) is 16.6. The number of benzene rings is 1. The summed E-state index contributed by atoms with van der Waals surface area (Å²) < 4.78 is 40.9. The summed E-state index contributed by atoms with van der Waals surface area (Å²) in [7, 11) is -2.08. The molecule has 7 nitrogen and oxygen atoms in total. The first-order valence-electron chi connectivity index (χ1n) is 7.33. The van der Waals surface area contributed by atoms with Crippen LogP contribution in [0.2, 0.25) is 0 Å². The molecule has 0 spiro atoms. The number of likely N-dealkylation sites (N-methyl/N-ethyl adjacent to an activating group) is 1. The number of hydrogen-bond acceptors (Lipinski definition) is 5. The lowest BCUT2D eigenvalue weighted by Gasteiger charge is -2.37. The maximum Gasteiger partial charge on any atom is 0.244 e. The van der Waals surface area contributed by atoms with Crippen LogP contribution in [-0.4, -0.2) is 54.3 Å². The Kier molecular flexibility index (Phi) is 4.36. The van der Waals surface area contributed by atoms with Gasteiger partial charge in [-0.15, -0.1) is 0 Å². The Morgan fingerprint density at radius 2 is 2.21 bits per heavy atom. The van der Waals surface area contributed by atoms with E-state index in [9.17, 15) is 12.8 Å². The number of nitrogens with zero attached hydrogens (tertiary/aromatic N) is 4. The van der Waals surface area contributed by atoms with E-state index in [2.05, 4.69) is 9.97 Å². The van der Waals surface area contributed by atoms with Crippen LogP contribution in [0.4, 0.5) is 4.39 Å². The number of halogens is 1. The fourth-order valence-corrected chi connectivity index (χ4v) is 4.38. The molecule has 1 aromatic heterocycles. The smallest absolute Gasteiger partial charge is 0.244 e. The van der Waals surface area contributed by atoms with Crippen molar-refractivity contribution in [3.05, 3.63) is 47.8 Å². The van der Waals surface area contributed by atoms with E-state index < -0.39 is 21.4 Å². The van der Waals surface area contributed by atoms with Crippen molar-refractivity contribution in [3.8, 4) is 6.07 Å². The van der Waals surface area contributed by atoms with Crippen LogP contribution >= 0.6 is 0 Å². The lowest BCUT2D eigenvalue weighted by molar-refractivity contribution is 0.142. The van der Waals surface area contributed by atoms with Gasteiger partial charge in [0.15, 0.2) is 0 Å². The molecule has 0 aliphatic carbocycles. The lowest BCUT2D eigenvalue weighted by atomic mass is 10.2. The summed E-state index contributed by atoms with van der Waals surface area (Å²) in [5, 5.41) is 9.11. The highest BCUT2D eigenvalue weighted by Gasteiger charge is 2.36. The summed E-state index contributed by atoms with van der Waals surface area (Å²) in [6, 6.07) is 5.05.